The Balaban J connectivity index is 2.99. The summed E-state index contributed by atoms with van der Waals surface area (Å²) in [6.07, 6.45) is 1.58. The zero-order valence-corrected chi connectivity index (χ0v) is 6.55. The molecule has 0 spiro atoms. The first kappa shape index (κ1) is 7.14. The number of hydrogen-bond acceptors (Lipinski definition) is 4. The van der Waals surface area contributed by atoms with E-state index in [1.165, 1.54) is 18.6 Å². The summed E-state index contributed by atoms with van der Waals surface area (Å²) < 4.78 is 4.43. The maximum atomic E-state index is 10.7. The topological polar surface area (TPSA) is 51.8 Å². The van der Waals surface area contributed by atoms with Crippen LogP contribution in [-0.2, 0) is 0 Å². The monoisotopic (exact) mass is 157 g/mol. The molecule has 4 nitrogen and oxygen atoms in total. The molecule has 0 atom stereocenters. The quantitative estimate of drug-likeness (QED) is 0.258. The minimum Gasteiger partial charge on any atom is -0.624 e. The minimum atomic E-state index is 0.648. The molecule has 0 saturated heterocycles. The molecule has 10 heavy (non-hydrogen) atoms. The van der Waals surface area contributed by atoms with E-state index in [2.05, 4.69) is 9.59 Å². The van der Waals surface area contributed by atoms with Crippen LogP contribution in [0.15, 0.2) is 6.20 Å². The van der Waals surface area contributed by atoms with E-state index >= 15 is 0 Å². The van der Waals surface area contributed by atoms with Crippen LogP contribution >= 0.6 is 11.5 Å². The number of aromatic nitrogens is 2. The van der Waals surface area contributed by atoms with Gasteiger partial charge in [-0.2, -0.15) is 0 Å². The molecule has 5 heteroatoms. The Morgan fingerprint density at radius 3 is 2.90 bits per heavy atom. The summed E-state index contributed by atoms with van der Waals surface area (Å²) in [5.74, 6) is 0. The molecule has 0 N–H and O–H groups in total. The van der Waals surface area contributed by atoms with Crippen molar-refractivity contribution >= 4 is 17.2 Å². The van der Waals surface area contributed by atoms with Gasteiger partial charge in [-0.05, 0) is 11.5 Å². The average Bonchev–Trinajstić information content (AvgIpc) is 2.36. The van der Waals surface area contributed by atoms with Gasteiger partial charge in [0.1, 0.15) is 11.9 Å². The first-order valence-electron chi connectivity index (χ1n) is 2.74. The van der Waals surface area contributed by atoms with E-state index in [0.717, 1.165) is 9.62 Å². The van der Waals surface area contributed by atoms with Gasteiger partial charge in [-0.1, -0.05) is 4.49 Å². The van der Waals surface area contributed by atoms with E-state index in [1.807, 2.05) is 0 Å². The van der Waals surface area contributed by atoms with Crippen LogP contribution in [0.4, 0.5) is 0 Å². The van der Waals surface area contributed by atoms with Gasteiger partial charge in [0.15, 0.2) is 0 Å². The highest BCUT2D eigenvalue weighted by molar-refractivity contribution is 7.07. The molecule has 1 rings (SSSR count). The molecule has 0 aliphatic rings. The molecule has 0 bridgehead atoms. The molecular weight excluding hydrogens is 150 g/mol. The largest absolute Gasteiger partial charge is 0.624 e. The molecule has 1 aromatic rings. The van der Waals surface area contributed by atoms with Gasteiger partial charge < -0.3 is 5.21 Å². The van der Waals surface area contributed by atoms with Crippen molar-refractivity contribution in [2.45, 2.75) is 6.92 Å². The molecule has 0 aliphatic heterocycles. The fourth-order valence-electron chi connectivity index (χ4n) is 0.482. The van der Waals surface area contributed by atoms with Crippen LogP contribution in [0.25, 0.3) is 0 Å². The summed E-state index contributed by atoms with van der Waals surface area (Å²) in [4.78, 5) is 0.817. The van der Waals surface area contributed by atoms with Crippen molar-refractivity contribution in [2.75, 3.05) is 7.05 Å². The summed E-state index contributed by atoms with van der Waals surface area (Å²) in [5.41, 5.74) is 0.648. The van der Waals surface area contributed by atoms with Gasteiger partial charge in [0, 0.05) is 6.92 Å². The predicted molar refractivity (Wildman–Crippen MR) is 39.2 cm³/mol. The third-order valence-electron chi connectivity index (χ3n) is 1.19. The van der Waals surface area contributed by atoms with Crippen molar-refractivity contribution < 1.29 is 4.74 Å². The second kappa shape index (κ2) is 2.74. The Morgan fingerprint density at radius 2 is 2.50 bits per heavy atom. The molecule has 1 heterocycles. The van der Waals surface area contributed by atoms with Gasteiger partial charge in [0.2, 0.25) is 5.71 Å². The van der Waals surface area contributed by atoms with E-state index < -0.39 is 0 Å². The molecule has 0 aliphatic carbocycles. The van der Waals surface area contributed by atoms with Crippen molar-refractivity contribution in [1.29, 1.82) is 0 Å². The standard InChI is InChI=1S/C5H7N3OS/c1-4(8(2)9)5-3-6-7-10-5/h3H,1-2H3/b8-4-. The van der Waals surface area contributed by atoms with Crippen molar-refractivity contribution in [3.63, 3.8) is 0 Å². The Labute approximate surface area is 62.6 Å². The van der Waals surface area contributed by atoms with E-state index in [0.29, 0.717) is 5.71 Å². The van der Waals surface area contributed by atoms with Gasteiger partial charge in [-0.3, -0.25) is 0 Å². The fraction of sp³-hybridized carbons (Fsp3) is 0.400. The number of hydroxylamine groups is 1. The van der Waals surface area contributed by atoms with E-state index in [1.54, 1.807) is 13.1 Å². The Bertz CT molecular complexity index is 237. The number of rotatable bonds is 1. The van der Waals surface area contributed by atoms with Crippen molar-refractivity contribution in [2.24, 2.45) is 0 Å². The van der Waals surface area contributed by atoms with Crippen molar-refractivity contribution in [3.05, 3.63) is 16.3 Å². The lowest BCUT2D eigenvalue weighted by atomic mass is 10.4. The molecular formula is C5H7N3OS. The molecule has 0 radical (unpaired) electrons. The highest BCUT2D eigenvalue weighted by atomic mass is 32.1. The summed E-state index contributed by atoms with van der Waals surface area (Å²) >= 11 is 1.22. The van der Waals surface area contributed by atoms with E-state index in [-0.39, 0.29) is 0 Å². The third-order valence-corrected chi connectivity index (χ3v) is 1.96. The van der Waals surface area contributed by atoms with Crippen LogP contribution in [0.3, 0.4) is 0 Å². The minimum absolute atomic E-state index is 0.648. The van der Waals surface area contributed by atoms with Gasteiger partial charge in [0.05, 0.1) is 6.20 Å². The zero-order valence-electron chi connectivity index (χ0n) is 5.74. The molecule has 1 aromatic heterocycles. The van der Waals surface area contributed by atoms with Crippen LogP contribution in [-0.4, -0.2) is 27.1 Å². The molecule has 0 saturated carbocycles. The molecule has 0 unspecified atom stereocenters. The Hall–Kier alpha value is -0.970. The van der Waals surface area contributed by atoms with Crippen LogP contribution in [0.2, 0.25) is 0 Å². The highest BCUT2D eigenvalue weighted by Crippen LogP contribution is 2.02. The van der Waals surface area contributed by atoms with Crippen LogP contribution in [0.5, 0.6) is 0 Å². The number of hydrogen-bond donors (Lipinski definition) is 0. The summed E-state index contributed by atoms with van der Waals surface area (Å²) in [6, 6.07) is 0. The lowest BCUT2D eigenvalue weighted by Crippen LogP contribution is -2.06. The molecule has 0 fully saturated rings. The second-order valence-corrected chi connectivity index (χ2v) is 2.65. The second-order valence-electron chi connectivity index (χ2n) is 1.86. The van der Waals surface area contributed by atoms with Crippen LogP contribution < -0.4 is 0 Å². The number of nitrogens with zero attached hydrogens (tertiary/aromatic N) is 3. The van der Waals surface area contributed by atoms with Crippen molar-refractivity contribution in [1.82, 2.24) is 9.59 Å². The first-order valence-corrected chi connectivity index (χ1v) is 3.51. The lowest BCUT2D eigenvalue weighted by Gasteiger charge is -1.97. The molecule has 0 amide bonds. The maximum absolute atomic E-state index is 10.7. The van der Waals surface area contributed by atoms with Gasteiger partial charge in [0.25, 0.3) is 0 Å². The Morgan fingerprint density at radius 1 is 1.80 bits per heavy atom. The van der Waals surface area contributed by atoms with Crippen LogP contribution in [0.1, 0.15) is 11.8 Å². The van der Waals surface area contributed by atoms with Crippen molar-refractivity contribution in [3.8, 4) is 0 Å². The molecule has 0 aromatic carbocycles. The zero-order chi connectivity index (χ0) is 7.56. The highest BCUT2D eigenvalue weighted by Gasteiger charge is 2.05. The SMILES string of the molecule is C/C(c1cnns1)=[N+](\C)[O-]. The lowest BCUT2D eigenvalue weighted by molar-refractivity contribution is -0.422. The smallest absolute Gasteiger partial charge is 0.204 e. The summed E-state index contributed by atoms with van der Waals surface area (Å²) in [6.45, 7) is 1.74. The third kappa shape index (κ3) is 1.30. The normalized spacial score (nSPS) is 13.0. The van der Waals surface area contributed by atoms with E-state index in [4.69, 9.17) is 0 Å². The van der Waals surface area contributed by atoms with Gasteiger partial charge in [-0.15, -0.1) is 5.10 Å². The first-order chi connectivity index (χ1) is 4.72. The van der Waals surface area contributed by atoms with Crippen LogP contribution in [0, 0.1) is 5.21 Å². The average molecular weight is 157 g/mol. The molecule has 54 valence electrons. The predicted octanol–water partition coefficient (Wildman–Crippen LogP) is 0.487. The van der Waals surface area contributed by atoms with Gasteiger partial charge in [-0.25, -0.2) is 4.74 Å². The maximum Gasteiger partial charge on any atom is 0.204 e. The van der Waals surface area contributed by atoms with E-state index in [9.17, 15) is 5.21 Å². The summed E-state index contributed by atoms with van der Waals surface area (Å²) in [7, 11) is 1.45. The fourth-order valence-corrected chi connectivity index (χ4v) is 1.02. The van der Waals surface area contributed by atoms with Gasteiger partial charge >= 0.3 is 0 Å². The Kier molecular flexibility index (Phi) is 1.96. The summed E-state index contributed by atoms with van der Waals surface area (Å²) in [5, 5.41) is 14.3.